The predicted octanol–water partition coefficient (Wildman–Crippen LogP) is 1.69. The van der Waals surface area contributed by atoms with E-state index in [2.05, 4.69) is 30.0 Å². The largest absolute Gasteiger partial charge is 0.389 e. The molecule has 0 amide bonds. The summed E-state index contributed by atoms with van der Waals surface area (Å²) in [6.07, 6.45) is 6.68. The lowest BCUT2D eigenvalue weighted by atomic mass is 9.80. The Hall–Kier alpha value is -0.910. The summed E-state index contributed by atoms with van der Waals surface area (Å²) in [6.45, 7) is 8.84. The monoisotopic (exact) mass is 295 g/mol. The first kappa shape index (κ1) is 16.5. The molecule has 0 bridgehead atoms. The topological polar surface area (TPSA) is 50.5 Å². The van der Waals surface area contributed by atoms with Gasteiger partial charge in [-0.25, -0.2) is 0 Å². The molecule has 5 nitrogen and oxygen atoms in total. The van der Waals surface area contributed by atoms with Gasteiger partial charge in [0.25, 0.3) is 0 Å². The second-order valence-corrected chi connectivity index (χ2v) is 6.43. The number of methoxy groups -OCH3 is 1. The summed E-state index contributed by atoms with van der Waals surface area (Å²) in [4.78, 5) is 2.46. The van der Waals surface area contributed by atoms with Gasteiger partial charge in [-0.15, -0.1) is 0 Å². The van der Waals surface area contributed by atoms with Crippen molar-refractivity contribution in [3.05, 3.63) is 18.0 Å². The minimum Gasteiger partial charge on any atom is -0.389 e. The molecular formula is C16H29N3O2. The molecule has 5 heteroatoms. The number of piperidine rings is 1. The van der Waals surface area contributed by atoms with Gasteiger partial charge in [0.05, 0.1) is 11.8 Å². The Bertz CT molecular complexity index is 435. The Kier molecular flexibility index (Phi) is 5.79. The molecule has 2 atom stereocenters. The van der Waals surface area contributed by atoms with Crippen LogP contribution >= 0.6 is 0 Å². The van der Waals surface area contributed by atoms with Crippen LogP contribution in [0.4, 0.5) is 0 Å². The fourth-order valence-corrected chi connectivity index (χ4v) is 3.15. The molecule has 120 valence electrons. The lowest BCUT2D eigenvalue weighted by molar-refractivity contribution is -0.0814. The van der Waals surface area contributed by atoms with Crippen molar-refractivity contribution < 1.29 is 9.84 Å². The third-order valence-corrected chi connectivity index (χ3v) is 4.67. The van der Waals surface area contributed by atoms with Crippen LogP contribution < -0.4 is 0 Å². The number of aromatic nitrogens is 2. The Morgan fingerprint density at radius 3 is 2.90 bits per heavy atom. The highest BCUT2D eigenvalue weighted by atomic mass is 16.5. The van der Waals surface area contributed by atoms with E-state index in [1.54, 1.807) is 7.11 Å². The smallest absolute Gasteiger partial charge is 0.0719 e. The van der Waals surface area contributed by atoms with E-state index < -0.39 is 5.60 Å². The van der Waals surface area contributed by atoms with Crippen molar-refractivity contribution in [2.45, 2.75) is 45.3 Å². The van der Waals surface area contributed by atoms with Crippen molar-refractivity contribution in [3.63, 3.8) is 0 Å². The maximum atomic E-state index is 10.7. The minimum atomic E-state index is -0.550. The molecular weight excluding hydrogens is 266 g/mol. The quantitative estimate of drug-likeness (QED) is 0.832. The second kappa shape index (κ2) is 7.38. The zero-order valence-electron chi connectivity index (χ0n) is 13.6. The third kappa shape index (κ3) is 4.53. The molecule has 0 saturated carbocycles. The summed E-state index contributed by atoms with van der Waals surface area (Å²) >= 11 is 0. The summed E-state index contributed by atoms with van der Waals surface area (Å²) < 4.78 is 7.13. The van der Waals surface area contributed by atoms with Gasteiger partial charge in [0, 0.05) is 39.5 Å². The molecule has 0 spiro atoms. The highest BCUT2D eigenvalue weighted by molar-refractivity contribution is 4.99. The number of ether oxygens (including phenoxy) is 1. The molecule has 1 aromatic rings. The first-order chi connectivity index (χ1) is 10.0. The average Bonchev–Trinajstić information content (AvgIpc) is 2.87. The van der Waals surface area contributed by atoms with Crippen LogP contribution in [0.25, 0.3) is 0 Å². The van der Waals surface area contributed by atoms with Crippen LogP contribution in [0, 0.1) is 12.8 Å². The van der Waals surface area contributed by atoms with Crippen LogP contribution in [0.3, 0.4) is 0 Å². The van der Waals surface area contributed by atoms with E-state index in [0.29, 0.717) is 12.5 Å². The van der Waals surface area contributed by atoms with E-state index >= 15 is 0 Å². The Morgan fingerprint density at radius 2 is 2.29 bits per heavy atom. The number of likely N-dealkylation sites (tertiary alicyclic amines) is 1. The van der Waals surface area contributed by atoms with Gasteiger partial charge < -0.3 is 14.7 Å². The summed E-state index contributed by atoms with van der Waals surface area (Å²) in [7, 11) is 1.69. The molecule has 1 aliphatic heterocycles. The van der Waals surface area contributed by atoms with Crippen LogP contribution in [0.15, 0.2) is 12.4 Å². The molecule has 2 heterocycles. The maximum absolute atomic E-state index is 10.7. The van der Waals surface area contributed by atoms with Crippen molar-refractivity contribution >= 4 is 0 Å². The molecule has 0 aromatic carbocycles. The summed E-state index contributed by atoms with van der Waals surface area (Å²) in [6, 6.07) is 0. The van der Waals surface area contributed by atoms with E-state index in [4.69, 9.17) is 4.74 Å². The van der Waals surface area contributed by atoms with Crippen LogP contribution in [-0.2, 0) is 11.3 Å². The second-order valence-electron chi connectivity index (χ2n) is 6.43. The number of aliphatic hydroxyl groups is 1. The zero-order valence-corrected chi connectivity index (χ0v) is 13.6. The number of nitrogens with zero attached hydrogens (tertiary/aromatic N) is 3. The maximum Gasteiger partial charge on any atom is 0.0719 e. The van der Waals surface area contributed by atoms with Gasteiger partial charge in [-0.1, -0.05) is 6.92 Å². The number of rotatable bonds is 7. The summed E-state index contributed by atoms with van der Waals surface area (Å²) in [5.41, 5.74) is 0.663. The van der Waals surface area contributed by atoms with Gasteiger partial charge in [-0.3, -0.25) is 4.68 Å². The summed E-state index contributed by atoms with van der Waals surface area (Å²) in [5.74, 6) is 0.299. The van der Waals surface area contributed by atoms with E-state index in [0.717, 1.165) is 45.4 Å². The van der Waals surface area contributed by atoms with Crippen molar-refractivity contribution in [2.24, 2.45) is 5.92 Å². The van der Waals surface area contributed by atoms with Crippen LogP contribution in [-0.4, -0.2) is 58.7 Å². The van der Waals surface area contributed by atoms with Gasteiger partial charge in [0.2, 0.25) is 0 Å². The molecule has 1 N–H and O–H groups in total. The van der Waals surface area contributed by atoms with Gasteiger partial charge in [0.1, 0.15) is 0 Å². The van der Waals surface area contributed by atoms with Crippen molar-refractivity contribution in [3.8, 4) is 0 Å². The van der Waals surface area contributed by atoms with Gasteiger partial charge in [-0.2, -0.15) is 5.10 Å². The highest BCUT2D eigenvalue weighted by Gasteiger charge is 2.38. The van der Waals surface area contributed by atoms with Crippen molar-refractivity contribution in [2.75, 3.05) is 33.4 Å². The van der Waals surface area contributed by atoms with Crippen molar-refractivity contribution in [1.82, 2.24) is 14.7 Å². The standard InChI is InChI=1S/C16H29N3O2/c1-14-11-17-19(12-14)8-4-7-18-9-5-16(20,6-10-21-3)15(2)13-18/h11-12,15,20H,4-10,13H2,1-3H3/t15-,16-/m0/s1. The Morgan fingerprint density at radius 1 is 1.48 bits per heavy atom. The molecule has 2 rings (SSSR count). The van der Waals surface area contributed by atoms with Gasteiger partial charge in [-0.05, 0) is 44.2 Å². The molecule has 1 saturated heterocycles. The zero-order chi connectivity index (χ0) is 15.3. The average molecular weight is 295 g/mol. The highest BCUT2D eigenvalue weighted by Crippen LogP contribution is 2.30. The molecule has 0 aliphatic carbocycles. The van der Waals surface area contributed by atoms with Gasteiger partial charge >= 0.3 is 0 Å². The first-order valence-electron chi connectivity index (χ1n) is 7.96. The number of hydrogen-bond donors (Lipinski definition) is 1. The van der Waals surface area contributed by atoms with Crippen LogP contribution in [0.2, 0.25) is 0 Å². The Labute approximate surface area is 127 Å². The lowest BCUT2D eigenvalue weighted by Crippen LogP contribution is -2.51. The SMILES string of the molecule is COCC[C@@]1(O)CCN(CCCn2cc(C)cn2)C[C@@H]1C. The van der Waals surface area contributed by atoms with E-state index in [9.17, 15) is 5.11 Å². The fraction of sp³-hybridized carbons (Fsp3) is 0.812. The molecule has 0 radical (unpaired) electrons. The molecule has 1 aliphatic rings. The normalized spacial score (nSPS) is 27.1. The number of hydrogen-bond acceptors (Lipinski definition) is 4. The van der Waals surface area contributed by atoms with Gasteiger partial charge in [0.15, 0.2) is 0 Å². The van der Waals surface area contributed by atoms with Crippen LogP contribution in [0.1, 0.15) is 31.7 Å². The minimum absolute atomic E-state index is 0.299. The molecule has 1 aromatic heterocycles. The first-order valence-corrected chi connectivity index (χ1v) is 7.96. The fourth-order valence-electron chi connectivity index (χ4n) is 3.15. The molecule has 21 heavy (non-hydrogen) atoms. The molecule has 1 fully saturated rings. The lowest BCUT2D eigenvalue weighted by Gasteiger charge is -2.43. The van der Waals surface area contributed by atoms with E-state index in [-0.39, 0.29) is 0 Å². The van der Waals surface area contributed by atoms with Crippen molar-refractivity contribution in [1.29, 1.82) is 0 Å². The summed E-state index contributed by atoms with van der Waals surface area (Å²) in [5, 5.41) is 15.0. The predicted molar refractivity (Wildman–Crippen MR) is 83.2 cm³/mol. The van der Waals surface area contributed by atoms with E-state index in [1.807, 2.05) is 10.9 Å². The van der Waals surface area contributed by atoms with Crippen LogP contribution in [0.5, 0.6) is 0 Å². The van der Waals surface area contributed by atoms with E-state index in [1.165, 1.54) is 5.56 Å². The Balaban J connectivity index is 1.72. The molecule has 0 unspecified atom stereocenters. The third-order valence-electron chi connectivity index (χ3n) is 4.67. The number of aryl methyl sites for hydroxylation is 2.